The zero-order valence-electron chi connectivity index (χ0n) is 13.4. The van der Waals surface area contributed by atoms with Gasteiger partial charge in [-0.3, -0.25) is 4.90 Å². The lowest BCUT2D eigenvalue weighted by Crippen LogP contribution is -2.48. The molecule has 0 N–H and O–H groups in total. The number of benzene rings is 1. The molecule has 0 bridgehead atoms. The van der Waals surface area contributed by atoms with Crippen molar-refractivity contribution in [3.63, 3.8) is 0 Å². The molecular weight excluding hydrogens is 399 g/mol. The van der Waals surface area contributed by atoms with E-state index in [9.17, 15) is 8.42 Å². The molecule has 0 spiro atoms. The summed E-state index contributed by atoms with van der Waals surface area (Å²) in [5.41, 5.74) is 1.16. The van der Waals surface area contributed by atoms with Gasteiger partial charge >= 0.3 is 0 Å². The lowest BCUT2D eigenvalue weighted by molar-refractivity contribution is 0.204. The van der Waals surface area contributed by atoms with E-state index in [1.165, 1.54) is 10.4 Å². The number of thiophene rings is 1. The minimum absolute atomic E-state index is 0.113. The number of halogens is 2. The van der Waals surface area contributed by atoms with Gasteiger partial charge in [0.05, 0.1) is 4.34 Å². The Hall–Kier alpha value is -0.890. The van der Waals surface area contributed by atoms with Crippen molar-refractivity contribution >= 4 is 50.6 Å². The molecule has 0 atom stereocenters. The first kappa shape index (κ1) is 18.9. The molecule has 1 aromatic heterocycles. The number of sulfonamides is 1. The summed E-state index contributed by atoms with van der Waals surface area (Å²) >= 11 is 13.0. The van der Waals surface area contributed by atoms with Crippen molar-refractivity contribution < 1.29 is 8.42 Å². The van der Waals surface area contributed by atoms with E-state index in [4.69, 9.17) is 23.2 Å². The Balaban J connectivity index is 1.56. The second-order valence-electron chi connectivity index (χ2n) is 5.71. The van der Waals surface area contributed by atoms with Gasteiger partial charge in [-0.1, -0.05) is 65.7 Å². The Morgan fingerprint density at radius 2 is 1.76 bits per heavy atom. The number of hydrogen-bond donors (Lipinski definition) is 0. The van der Waals surface area contributed by atoms with Gasteiger partial charge < -0.3 is 0 Å². The highest BCUT2D eigenvalue weighted by Gasteiger charge is 2.31. The Labute approximate surface area is 162 Å². The Morgan fingerprint density at radius 3 is 2.36 bits per heavy atom. The highest BCUT2D eigenvalue weighted by molar-refractivity contribution is 7.89. The molecule has 0 amide bonds. The van der Waals surface area contributed by atoms with Crippen LogP contribution in [-0.2, 0) is 10.0 Å². The van der Waals surface area contributed by atoms with Gasteiger partial charge in [0.1, 0.15) is 9.23 Å². The van der Waals surface area contributed by atoms with Crippen LogP contribution in [0.3, 0.4) is 0 Å². The Kier molecular flexibility index (Phi) is 6.20. The molecule has 1 aromatic carbocycles. The van der Waals surface area contributed by atoms with Crippen LogP contribution in [0, 0.1) is 0 Å². The molecule has 2 aromatic rings. The molecule has 1 aliphatic heterocycles. The van der Waals surface area contributed by atoms with Gasteiger partial charge in [-0.15, -0.1) is 11.3 Å². The first-order chi connectivity index (χ1) is 12.0. The van der Waals surface area contributed by atoms with Crippen molar-refractivity contribution in [1.29, 1.82) is 0 Å². The fraction of sp³-hybridized carbons (Fsp3) is 0.294. The zero-order valence-corrected chi connectivity index (χ0v) is 16.6. The molecule has 3 rings (SSSR count). The summed E-state index contributed by atoms with van der Waals surface area (Å²) < 4.78 is 27.5. The van der Waals surface area contributed by atoms with Crippen LogP contribution in [0.15, 0.2) is 47.4 Å². The molecule has 0 aliphatic carbocycles. The highest BCUT2D eigenvalue weighted by Crippen LogP contribution is 2.35. The lowest BCUT2D eigenvalue weighted by atomic mass is 10.2. The average Bonchev–Trinajstić information content (AvgIpc) is 2.95. The summed E-state index contributed by atoms with van der Waals surface area (Å²) in [6, 6.07) is 11.5. The van der Waals surface area contributed by atoms with Gasteiger partial charge in [0.25, 0.3) is 0 Å². The summed E-state index contributed by atoms with van der Waals surface area (Å²) in [5, 5.41) is 0. The maximum atomic E-state index is 12.7. The molecule has 0 saturated carbocycles. The largest absolute Gasteiger partial charge is 0.297 e. The summed E-state index contributed by atoms with van der Waals surface area (Å²) in [7, 11) is -3.58. The molecule has 1 saturated heterocycles. The molecule has 0 unspecified atom stereocenters. The van der Waals surface area contributed by atoms with Crippen molar-refractivity contribution in [2.24, 2.45) is 0 Å². The number of rotatable bonds is 5. The fourth-order valence-electron chi connectivity index (χ4n) is 2.69. The SMILES string of the molecule is O=S(=O)(c1cc(Cl)sc1Cl)N1CCN(CC=Cc2ccccc2)CC1. The molecular formula is C17H18Cl2N2O2S2. The van der Waals surface area contributed by atoms with Crippen molar-refractivity contribution in [1.82, 2.24) is 9.21 Å². The second kappa shape index (κ2) is 8.20. The van der Waals surface area contributed by atoms with Gasteiger partial charge in [0.2, 0.25) is 10.0 Å². The summed E-state index contributed by atoms with van der Waals surface area (Å²) in [5.74, 6) is 0. The zero-order chi connectivity index (χ0) is 17.9. The summed E-state index contributed by atoms with van der Waals surface area (Å²) in [4.78, 5) is 2.34. The van der Waals surface area contributed by atoms with Gasteiger partial charge in [-0.25, -0.2) is 8.42 Å². The third kappa shape index (κ3) is 4.64. The molecule has 25 heavy (non-hydrogen) atoms. The van der Waals surface area contributed by atoms with Gasteiger partial charge in [-0.2, -0.15) is 4.31 Å². The van der Waals surface area contributed by atoms with E-state index >= 15 is 0 Å². The van der Waals surface area contributed by atoms with Crippen molar-refractivity contribution in [3.05, 3.63) is 56.7 Å². The number of nitrogens with zero attached hydrogens (tertiary/aromatic N) is 2. The van der Waals surface area contributed by atoms with Crippen LogP contribution in [0.2, 0.25) is 8.67 Å². The quantitative estimate of drug-likeness (QED) is 0.736. The Bertz CT molecular complexity index is 843. The van der Waals surface area contributed by atoms with E-state index in [0.29, 0.717) is 30.5 Å². The van der Waals surface area contributed by atoms with Crippen LogP contribution in [0.25, 0.3) is 6.08 Å². The fourth-order valence-corrected chi connectivity index (χ4v) is 6.23. The first-order valence-corrected chi connectivity index (χ1v) is 10.9. The van der Waals surface area contributed by atoms with E-state index in [2.05, 4.69) is 29.2 Å². The van der Waals surface area contributed by atoms with Crippen LogP contribution >= 0.6 is 34.5 Å². The maximum Gasteiger partial charge on any atom is 0.245 e. The second-order valence-corrected chi connectivity index (χ2v) is 9.90. The summed E-state index contributed by atoms with van der Waals surface area (Å²) in [6.45, 7) is 3.08. The van der Waals surface area contributed by atoms with Crippen LogP contribution in [0.5, 0.6) is 0 Å². The standard InChI is InChI=1S/C17H18Cl2N2O2S2/c18-16-13-15(17(19)24-16)25(22,23)21-11-9-20(10-12-21)8-4-7-14-5-2-1-3-6-14/h1-7,13H,8-12H2. The Morgan fingerprint density at radius 1 is 1.08 bits per heavy atom. The number of hydrogen-bond acceptors (Lipinski definition) is 4. The van der Waals surface area contributed by atoms with Crippen LogP contribution in [0.1, 0.15) is 5.56 Å². The molecule has 0 radical (unpaired) electrons. The van der Waals surface area contributed by atoms with E-state index in [1.807, 2.05) is 18.2 Å². The van der Waals surface area contributed by atoms with Gasteiger partial charge in [-0.05, 0) is 11.6 Å². The minimum atomic E-state index is -3.58. The topological polar surface area (TPSA) is 40.6 Å². The molecule has 2 heterocycles. The number of piperazine rings is 1. The summed E-state index contributed by atoms with van der Waals surface area (Å²) in [6.07, 6.45) is 4.19. The third-order valence-electron chi connectivity index (χ3n) is 4.05. The maximum absolute atomic E-state index is 12.7. The van der Waals surface area contributed by atoms with Crippen LogP contribution in [0.4, 0.5) is 0 Å². The van der Waals surface area contributed by atoms with E-state index < -0.39 is 10.0 Å². The average molecular weight is 417 g/mol. The molecule has 4 nitrogen and oxygen atoms in total. The van der Waals surface area contributed by atoms with Crippen molar-refractivity contribution in [2.45, 2.75) is 4.90 Å². The van der Waals surface area contributed by atoms with E-state index in [-0.39, 0.29) is 9.23 Å². The smallest absolute Gasteiger partial charge is 0.245 e. The van der Waals surface area contributed by atoms with Gasteiger partial charge in [0.15, 0.2) is 0 Å². The predicted molar refractivity (Wildman–Crippen MR) is 105 cm³/mol. The van der Waals surface area contributed by atoms with Crippen molar-refractivity contribution in [2.75, 3.05) is 32.7 Å². The van der Waals surface area contributed by atoms with E-state index in [0.717, 1.165) is 23.4 Å². The first-order valence-electron chi connectivity index (χ1n) is 7.86. The van der Waals surface area contributed by atoms with Crippen molar-refractivity contribution in [3.8, 4) is 0 Å². The third-order valence-corrected chi connectivity index (χ3v) is 7.70. The minimum Gasteiger partial charge on any atom is -0.297 e. The molecule has 8 heteroatoms. The molecule has 1 aliphatic rings. The highest BCUT2D eigenvalue weighted by atomic mass is 35.5. The predicted octanol–water partition coefficient (Wildman–Crippen LogP) is 4.07. The molecule has 1 fully saturated rings. The van der Waals surface area contributed by atoms with Gasteiger partial charge in [0, 0.05) is 32.7 Å². The lowest BCUT2D eigenvalue weighted by Gasteiger charge is -2.33. The van der Waals surface area contributed by atoms with Crippen LogP contribution < -0.4 is 0 Å². The van der Waals surface area contributed by atoms with Crippen LogP contribution in [-0.4, -0.2) is 50.3 Å². The monoisotopic (exact) mass is 416 g/mol. The van der Waals surface area contributed by atoms with E-state index in [1.54, 1.807) is 0 Å². The normalized spacial score (nSPS) is 17.4. The molecule has 134 valence electrons.